The molecule has 0 aromatic heterocycles. The molecule has 0 saturated heterocycles. The van der Waals surface area contributed by atoms with Crippen LogP contribution in [0.3, 0.4) is 0 Å². The highest BCUT2D eigenvalue weighted by Crippen LogP contribution is 2.35. The van der Waals surface area contributed by atoms with Crippen LogP contribution in [0.15, 0.2) is 0 Å². The number of Topliss-reactive ketones (excluding diaryl/α,β-unsaturated/α-hetero) is 1. The van der Waals surface area contributed by atoms with Crippen LogP contribution in [-0.2, 0) is 4.79 Å². The van der Waals surface area contributed by atoms with Gasteiger partial charge in [-0.05, 0) is 6.92 Å². The molecule has 0 aromatic rings. The number of carbonyl (C=O) groups excluding carboxylic acids is 1. The topological polar surface area (TPSA) is 57.5 Å². The highest BCUT2D eigenvalue weighted by atomic mass is 35.5. The third-order valence-electron chi connectivity index (χ3n) is 1.03. The zero-order valence-corrected chi connectivity index (χ0v) is 8.92. The number of hydrogen-bond acceptors (Lipinski definition) is 3. The van der Waals surface area contributed by atoms with Crippen molar-refractivity contribution in [1.82, 2.24) is 0 Å². The van der Waals surface area contributed by atoms with Gasteiger partial charge >= 0.3 is 0 Å². The molecule has 0 aromatic carbocycles. The van der Waals surface area contributed by atoms with Gasteiger partial charge in [-0.15, -0.1) is 0 Å². The van der Waals surface area contributed by atoms with Gasteiger partial charge in [0.25, 0.3) is 0 Å². The van der Waals surface area contributed by atoms with Crippen LogP contribution in [0.1, 0.15) is 6.92 Å². The summed E-state index contributed by atoms with van der Waals surface area (Å²) >= 11 is 21.2. The first-order valence-corrected chi connectivity index (χ1v) is 4.28. The van der Waals surface area contributed by atoms with Crippen molar-refractivity contribution in [1.29, 1.82) is 0 Å². The quantitative estimate of drug-likeness (QED) is 0.589. The summed E-state index contributed by atoms with van der Waals surface area (Å²) < 4.78 is -4.26. The summed E-state index contributed by atoms with van der Waals surface area (Å²) in [5.41, 5.74) is 0. The lowest BCUT2D eigenvalue weighted by molar-refractivity contribution is -0.129. The number of carbonyl (C=O) groups is 1. The van der Waals surface area contributed by atoms with Crippen LogP contribution >= 0.6 is 46.4 Å². The molecule has 0 aliphatic carbocycles. The van der Waals surface area contributed by atoms with E-state index in [0.29, 0.717) is 0 Å². The highest BCUT2D eigenvalue weighted by molar-refractivity contribution is 6.68. The third-order valence-corrected chi connectivity index (χ3v) is 2.10. The molecule has 0 rings (SSSR count). The van der Waals surface area contributed by atoms with Crippen molar-refractivity contribution < 1.29 is 15.0 Å². The summed E-state index contributed by atoms with van der Waals surface area (Å²) in [5.74, 6) is -1.09. The summed E-state index contributed by atoms with van der Waals surface area (Å²) in [6.07, 6.45) is -2.23. The number of alkyl halides is 4. The fraction of sp³-hybridized carbons (Fsp3) is 0.800. The number of ketones is 1. The maximum Gasteiger partial charge on any atom is 0.228 e. The van der Waals surface area contributed by atoms with Gasteiger partial charge in [0.15, 0.2) is 10.6 Å². The van der Waals surface area contributed by atoms with Crippen molar-refractivity contribution in [3.05, 3.63) is 0 Å². The van der Waals surface area contributed by atoms with Crippen molar-refractivity contribution in [3.8, 4) is 0 Å². The number of halogens is 4. The minimum Gasteiger partial charge on any atom is -0.365 e. The zero-order chi connectivity index (χ0) is 10.2. The van der Waals surface area contributed by atoms with Crippen molar-refractivity contribution in [3.63, 3.8) is 0 Å². The Morgan fingerprint density at radius 3 is 1.67 bits per heavy atom. The molecule has 12 heavy (non-hydrogen) atoms. The molecule has 0 bridgehead atoms. The molecule has 0 saturated carbocycles. The molecule has 0 unspecified atom stereocenters. The first kappa shape index (κ1) is 12.8. The van der Waals surface area contributed by atoms with Gasteiger partial charge < -0.3 is 10.2 Å². The van der Waals surface area contributed by atoms with E-state index in [1.807, 2.05) is 0 Å². The van der Waals surface area contributed by atoms with Gasteiger partial charge in [0.2, 0.25) is 10.1 Å². The van der Waals surface area contributed by atoms with E-state index in [9.17, 15) is 4.79 Å². The summed E-state index contributed by atoms with van der Waals surface area (Å²) in [7, 11) is 0. The fourth-order valence-corrected chi connectivity index (χ4v) is 1.28. The monoisotopic (exact) mass is 254 g/mol. The molecule has 0 fully saturated rings. The normalized spacial score (nSPS) is 13.7. The maximum atomic E-state index is 11.1. The lowest BCUT2D eigenvalue weighted by Gasteiger charge is -2.24. The van der Waals surface area contributed by atoms with E-state index in [1.54, 1.807) is 0 Å². The van der Waals surface area contributed by atoms with Crippen LogP contribution in [-0.4, -0.2) is 31.0 Å². The molecule has 3 nitrogen and oxygen atoms in total. The predicted molar refractivity (Wildman–Crippen MR) is 47.8 cm³/mol. The highest BCUT2D eigenvalue weighted by Gasteiger charge is 2.48. The summed E-state index contributed by atoms with van der Waals surface area (Å²) in [4.78, 5) is 11.1. The Morgan fingerprint density at radius 1 is 1.25 bits per heavy atom. The van der Waals surface area contributed by atoms with Crippen LogP contribution in [0.25, 0.3) is 0 Å². The lowest BCUT2D eigenvalue weighted by atomic mass is 10.2. The van der Waals surface area contributed by atoms with E-state index >= 15 is 0 Å². The number of rotatable bonds is 3. The molecule has 0 atom stereocenters. The van der Waals surface area contributed by atoms with Crippen molar-refractivity contribution in [2.24, 2.45) is 0 Å². The van der Waals surface area contributed by atoms with Crippen LogP contribution in [0.4, 0.5) is 0 Å². The Bertz CT molecular complexity index is 184. The van der Waals surface area contributed by atoms with Gasteiger partial charge in [0, 0.05) is 0 Å². The first-order chi connectivity index (χ1) is 5.10. The zero-order valence-electron chi connectivity index (χ0n) is 5.89. The summed E-state index contributed by atoms with van der Waals surface area (Å²) in [5, 5.41) is 17.1. The SMILES string of the molecule is CC(Cl)(Cl)C(=O)C(Cl)(Cl)C(O)O. The second-order valence-corrected chi connectivity index (χ2v) is 5.31. The molecule has 2 N–H and O–H groups in total. The van der Waals surface area contributed by atoms with Crippen LogP contribution in [0, 0.1) is 0 Å². The van der Waals surface area contributed by atoms with E-state index in [4.69, 9.17) is 56.6 Å². The lowest BCUT2D eigenvalue weighted by Crippen LogP contribution is -2.46. The van der Waals surface area contributed by atoms with Gasteiger partial charge in [-0.2, -0.15) is 0 Å². The summed E-state index contributed by atoms with van der Waals surface area (Å²) in [6.45, 7) is 1.13. The molecule has 0 amide bonds. The Kier molecular flexibility index (Phi) is 4.10. The molecule has 0 spiro atoms. The minimum absolute atomic E-state index is 1.09. The van der Waals surface area contributed by atoms with Gasteiger partial charge in [0.1, 0.15) is 0 Å². The summed E-state index contributed by atoms with van der Waals surface area (Å²) in [6, 6.07) is 0. The minimum atomic E-state index is -2.40. The number of hydrogen-bond donors (Lipinski definition) is 2. The van der Waals surface area contributed by atoms with Gasteiger partial charge in [0.05, 0.1) is 0 Å². The van der Waals surface area contributed by atoms with Crippen LogP contribution in [0.5, 0.6) is 0 Å². The largest absolute Gasteiger partial charge is 0.365 e. The van der Waals surface area contributed by atoms with Crippen LogP contribution < -0.4 is 0 Å². The fourth-order valence-electron chi connectivity index (χ4n) is 0.410. The maximum absolute atomic E-state index is 11.1. The van der Waals surface area contributed by atoms with Gasteiger partial charge in [-0.1, -0.05) is 46.4 Å². The molecule has 0 radical (unpaired) electrons. The third kappa shape index (κ3) is 2.91. The van der Waals surface area contributed by atoms with E-state index in [0.717, 1.165) is 6.92 Å². The molecule has 72 valence electrons. The standard InChI is InChI=1S/C5H6Cl4O3/c1-4(6,7)2(10)5(8,9)3(11)12/h3,11-12H,1H3. The van der Waals surface area contributed by atoms with Gasteiger partial charge in [-0.3, -0.25) is 4.79 Å². The molecular weight excluding hydrogens is 250 g/mol. The average molecular weight is 256 g/mol. The Hall–Kier alpha value is 0.750. The van der Waals surface area contributed by atoms with Crippen molar-refractivity contribution >= 4 is 52.2 Å². The molecule has 0 aliphatic heterocycles. The number of aliphatic hydroxyl groups is 2. The van der Waals surface area contributed by atoms with E-state index in [1.165, 1.54) is 0 Å². The Morgan fingerprint density at radius 2 is 1.58 bits per heavy atom. The van der Waals surface area contributed by atoms with Crippen molar-refractivity contribution in [2.75, 3.05) is 0 Å². The van der Waals surface area contributed by atoms with E-state index in [-0.39, 0.29) is 0 Å². The average Bonchev–Trinajstić information content (AvgIpc) is 1.83. The first-order valence-electron chi connectivity index (χ1n) is 2.77. The molecule has 0 heterocycles. The second-order valence-electron chi connectivity index (χ2n) is 2.21. The van der Waals surface area contributed by atoms with Gasteiger partial charge in [-0.25, -0.2) is 0 Å². The Labute approximate surface area is 89.2 Å². The predicted octanol–water partition coefficient (Wildman–Crippen LogP) is 1.23. The smallest absolute Gasteiger partial charge is 0.228 e. The Balaban J connectivity index is 4.70. The van der Waals surface area contributed by atoms with Crippen LogP contribution in [0.2, 0.25) is 0 Å². The molecular formula is C5H6Cl4O3. The van der Waals surface area contributed by atoms with E-state index in [2.05, 4.69) is 0 Å². The molecule has 7 heteroatoms. The van der Waals surface area contributed by atoms with Crippen molar-refractivity contribution in [2.45, 2.75) is 21.9 Å². The number of aliphatic hydroxyl groups excluding tert-OH is 1. The van der Waals surface area contributed by atoms with E-state index < -0.39 is 20.7 Å². The molecule has 0 aliphatic rings. The second kappa shape index (κ2) is 3.86.